The molecule has 0 aromatic carbocycles. The molecule has 1 heterocycles. The van der Waals surface area contributed by atoms with Crippen molar-refractivity contribution in [2.75, 3.05) is 0 Å². The second kappa shape index (κ2) is 5.53. The summed E-state index contributed by atoms with van der Waals surface area (Å²) in [5.74, 6) is 1.74. The summed E-state index contributed by atoms with van der Waals surface area (Å²) in [6, 6.07) is 0.581. The van der Waals surface area contributed by atoms with Crippen molar-refractivity contribution in [2.45, 2.75) is 59.5 Å². The van der Waals surface area contributed by atoms with Gasteiger partial charge in [0.1, 0.15) is 0 Å². The van der Waals surface area contributed by atoms with Gasteiger partial charge in [0.05, 0.1) is 0 Å². The van der Waals surface area contributed by atoms with Gasteiger partial charge in [-0.3, -0.25) is 0 Å². The number of rotatable bonds is 4. The third-order valence-electron chi connectivity index (χ3n) is 3.92. The first-order valence-corrected chi connectivity index (χ1v) is 7.77. The first kappa shape index (κ1) is 13.1. The second-order valence-corrected chi connectivity index (χ2v) is 6.91. The number of fused-ring (bicyclic) bond motifs is 1. The van der Waals surface area contributed by atoms with E-state index >= 15 is 0 Å². The summed E-state index contributed by atoms with van der Waals surface area (Å²) in [6.07, 6.45) is 4.01. The Morgan fingerprint density at radius 3 is 2.76 bits per heavy atom. The third kappa shape index (κ3) is 3.11. The average Bonchev–Trinajstić information content (AvgIpc) is 2.68. The molecule has 2 heteroatoms. The van der Waals surface area contributed by atoms with E-state index in [0.717, 1.165) is 18.4 Å². The fourth-order valence-electron chi connectivity index (χ4n) is 2.64. The zero-order valence-electron chi connectivity index (χ0n) is 11.5. The predicted molar refractivity (Wildman–Crippen MR) is 76.6 cm³/mol. The molecular weight excluding hydrogens is 226 g/mol. The zero-order chi connectivity index (χ0) is 12.4. The van der Waals surface area contributed by atoms with Gasteiger partial charge in [0, 0.05) is 17.5 Å². The van der Waals surface area contributed by atoms with Crippen LogP contribution in [0.3, 0.4) is 0 Å². The van der Waals surface area contributed by atoms with Gasteiger partial charge < -0.3 is 5.32 Å². The number of thiophene rings is 1. The summed E-state index contributed by atoms with van der Waals surface area (Å²) in [7, 11) is 0. The Balaban J connectivity index is 2.05. The van der Waals surface area contributed by atoms with Gasteiger partial charge in [0.25, 0.3) is 0 Å². The van der Waals surface area contributed by atoms with Crippen LogP contribution < -0.4 is 5.32 Å². The maximum atomic E-state index is 3.54. The van der Waals surface area contributed by atoms with Crippen LogP contribution in [0.5, 0.6) is 0 Å². The lowest BCUT2D eigenvalue weighted by Gasteiger charge is -2.26. The van der Waals surface area contributed by atoms with E-state index in [1.807, 2.05) is 11.3 Å². The van der Waals surface area contributed by atoms with Gasteiger partial charge in [-0.25, -0.2) is 0 Å². The minimum atomic E-state index is 0.581. The number of hydrogen-bond acceptors (Lipinski definition) is 2. The standard InChI is InChI=1S/C15H25NS/c1-10(2)12-5-6-14-13(8-16-11(3)4)9-17-15(14)7-12/h9-12,16H,5-8H2,1-4H3. The molecule has 0 amide bonds. The molecular formula is C15H25NS. The molecule has 2 rings (SSSR count). The van der Waals surface area contributed by atoms with E-state index in [2.05, 4.69) is 38.4 Å². The summed E-state index contributed by atoms with van der Waals surface area (Å²) < 4.78 is 0. The molecule has 1 atom stereocenters. The van der Waals surface area contributed by atoms with Gasteiger partial charge in [-0.05, 0) is 47.6 Å². The lowest BCUT2D eigenvalue weighted by atomic mass is 9.81. The van der Waals surface area contributed by atoms with Gasteiger partial charge >= 0.3 is 0 Å². The third-order valence-corrected chi connectivity index (χ3v) is 5.02. The molecule has 0 fully saturated rings. The quantitative estimate of drug-likeness (QED) is 0.852. The molecule has 0 bridgehead atoms. The molecule has 96 valence electrons. The van der Waals surface area contributed by atoms with Crippen molar-refractivity contribution >= 4 is 11.3 Å². The highest BCUT2D eigenvalue weighted by molar-refractivity contribution is 7.10. The predicted octanol–water partition coefficient (Wildman–Crippen LogP) is 4.01. The molecule has 0 saturated carbocycles. The maximum Gasteiger partial charge on any atom is 0.0218 e. The van der Waals surface area contributed by atoms with Crippen molar-refractivity contribution in [3.8, 4) is 0 Å². The van der Waals surface area contributed by atoms with E-state index in [-0.39, 0.29) is 0 Å². The van der Waals surface area contributed by atoms with Crippen LogP contribution in [0.25, 0.3) is 0 Å². The molecule has 0 saturated heterocycles. The Morgan fingerprint density at radius 2 is 2.12 bits per heavy atom. The molecule has 1 aromatic heterocycles. The molecule has 1 aliphatic carbocycles. The Labute approximate surface area is 110 Å². The molecule has 17 heavy (non-hydrogen) atoms. The molecule has 1 aliphatic rings. The lowest BCUT2D eigenvalue weighted by Crippen LogP contribution is -2.23. The van der Waals surface area contributed by atoms with Crippen LogP contribution in [0.1, 0.15) is 50.1 Å². The maximum absolute atomic E-state index is 3.54. The zero-order valence-corrected chi connectivity index (χ0v) is 12.4. The smallest absolute Gasteiger partial charge is 0.0218 e. The van der Waals surface area contributed by atoms with Crippen LogP contribution in [0, 0.1) is 11.8 Å². The summed E-state index contributed by atoms with van der Waals surface area (Å²) in [4.78, 5) is 1.66. The summed E-state index contributed by atoms with van der Waals surface area (Å²) in [5, 5.41) is 5.92. The fourth-order valence-corrected chi connectivity index (χ4v) is 3.83. The summed E-state index contributed by atoms with van der Waals surface area (Å²) in [6.45, 7) is 10.2. The minimum absolute atomic E-state index is 0.581. The van der Waals surface area contributed by atoms with Crippen LogP contribution in [0.15, 0.2) is 5.38 Å². The average molecular weight is 251 g/mol. The monoisotopic (exact) mass is 251 g/mol. The molecule has 1 aromatic rings. The van der Waals surface area contributed by atoms with Gasteiger partial charge in [-0.2, -0.15) is 0 Å². The van der Waals surface area contributed by atoms with E-state index in [1.165, 1.54) is 19.3 Å². The topological polar surface area (TPSA) is 12.0 Å². The normalized spacial score (nSPS) is 20.0. The van der Waals surface area contributed by atoms with Gasteiger partial charge in [-0.15, -0.1) is 11.3 Å². The van der Waals surface area contributed by atoms with Crippen molar-refractivity contribution < 1.29 is 0 Å². The van der Waals surface area contributed by atoms with Crippen molar-refractivity contribution in [1.29, 1.82) is 0 Å². The number of hydrogen-bond donors (Lipinski definition) is 1. The van der Waals surface area contributed by atoms with E-state index in [4.69, 9.17) is 0 Å². The summed E-state index contributed by atoms with van der Waals surface area (Å²) in [5.41, 5.74) is 3.22. The Hall–Kier alpha value is -0.340. The Bertz CT molecular complexity index is 351. The lowest BCUT2D eigenvalue weighted by molar-refractivity contribution is 0.345. The van der Waals surface area contributed by atoms with Crippen LogP contribution in [0.4, 0.5) is 0 Å². The van der Waals surface area contributed by atoms with Crippen LogP contribution in [-0.4, -0.2) is 6.04 Å². The van der Waals surface area contributed by atoms with Crippen molar-refractivity contribution in [2.24, 2.45) is 11.8 Å². The largest absolute Gasteiger partial charge is 0.310 e. The Morgan fingerprint density at radius 1 is 1.35 bits per heavy atom. The first-order chi connectivity index (χ1) is 8.08. The molecule has 1 nitrogen and oxygen atoms in total. The molecule has 1 N–H and O–H groups in total. The van der Waals surface area contributed by atoms with Crippen molar-refractivity contribution in [1.82, 2.24) is 5.32 Å². The van der Waals surface area contributed by atoms with E-state index in [0.29, 0.717) is 6.04 Å². The van der Waals surface area contributed by atoms with E-state index in [1.54, 1.807) is 16.0 Å². The number of nitrogens with one attached hydrogen (secondary N) is 1. The van der Waals surface area contributed by atoms with Gasteiger partial charge in [0.15, 0.2) is 0 Å². The second-order valence-electron chi connectivity index (χ2n) is 5.95. The molecule has 0 aliphatic heterocycles. The van der Waals surface area contributed by atoms with Crippen LogP contribution in [0.2, 0.25) is 0 Å². The SMILES string of the molecule is CC(C)NCc1csc2c1CCC(C(C)C)C2. The van der Waals surface area contributed by atoms with Crippen molar-refractivity contribution in [3.05, 3.63) is 21.4 Å². The van der Waals surface area contributed by atoms with Gasteiger partial charge in [-0.1, -0.05) is 27.7 Å². The summed E-state index contributed by atoms with van der Waals surface area (Å²) >= 11 is 1.98. The highest BCUT2D eigenvalue weighted by atomic mass is 32.1. The molecule has 0 radical (unpaired) electrons. The molecule has 0 spiro atoms. The van der Waals surface area contributed by atoms with Crippen LogP contribution >= 0.6 is 11.3 Å². The van der Waals surface area contributed by atoms with Gasteiger partial charge in [0.2, 0.25) is 0 Å². The van der Waals surface area contributed by atoms with Crippen molar-refractivity contribution in [3.63, 3.8) is 0 Å². The highest BCUT2D eigenvalue weighted by Crippen LogP contribution is 2.35. The minimum Gasteiger partial charge on any atom is -0.310 e. The van der Waals surface area contributed by atoms with E-state index in [9.17, 15) is 0 Å². The van der Waals surface area contributed by atoms with Crippen LogP contribution in [-0.2, 0) is 19.4 Å². The molecule has 1 unspecified atom stereocenters. The first-order valence-electron chi connectivity index (χ1n) is 6.89. The highest BCUT2D eigenvalue weighted by Gasteiger charge is 2.24. The fraction of sp³-hybridized carbons (Fsp3) is 0.733. The Kier molecular flexibility index (Phi) is 4.26. The van der Waals surface area contributed by atoms with E-state index < -0.39 is 0 Å².